The molecule has 0 fully saturated rings. The molecule has 6 heteroatoms. The summed E-state index contributed by atoms with van der Waals surface area (Å²) in [4.78, 5) is 3.99. The standard InChI is InChI=1S/C10H18N4O2/c1-2-3-7-16-8-6-14-5-4-12-10(14)9(11)13-15/h4-5,15H,2-3,6-8H2,1H3,(H2,11,13). The molecule has 0 aliphatic heterocycles. The molecule has 3 N–H and O–H groups in total. The van der Waals surface area contributed by atoms with Gasteiger partial charge in [-0.2, -0.15) is 0 Å². The van der Waals surface area contributed by atoms with E-state index in [2.05, 4.69) is 17.1 Å². The zero-order valence-corrected chi connectivity index (χ0v) is 9.46. The number of amidine groups is 1. The first-order chi connectivity index (χ1) is 7.79. The molecule has 90 valence electrons. The van der Waals surface area contributed by atoms with Crippen LogP contribution in [0.4, 0.5) is 0 Å². The summed E-state index contributed by atoms with van der Waals surface area (Å²) < 4.78 is 7.22. The molecule has 0 atom stereocenters. The lowest BCUT2D eigenvalue weighted by atomic mass is 10.4. The molecular formula is C10H18N4O2. The smallest absolute Gasteiger partial charge is 0.206 e. The number of nitrogens with two attached hydrogens (primary N) is 1. The van der Waals surface area contributed by atoms with Crippen LogP contribution in [0.2, 0.25) is 0 Å². The van der Waals surface area contributed by atoms with E-state index in [0.717, 1.165) is 19.4 Å². The lowest BCUT2D eigenvalue weighted by Crippen LogP contribution is -2.20. The zero-order valence-electron chi connectivity index (χ0n) is 9.46. The number of ether oxygens (including phenoxy) is 1. The first-order valence-electron chi connectivity index (χ1n) is 5.36. The maximum Gasteiger partial charge on any atom is 0.206 e. The highest BCUT2D eigenvalue weighted by molar-refractivity contribution is 5.93. The van der Waals surface area contributed by atoms with E-state index < -0.39 is 0 Å². The van der Waals surface area contributed by atoms with Crippen molar-refractivity contribution in [1.82, 2.24) is 9.55 Å². The summed E-state index contributed by atoms with van der Waals surface area (Å²) in [6.07, 6.45) is 5.58. The summed E-state index contributed by atoms with van der Waals surface area (Å²) in [7, 11) is 0. The summed E-state index contributed by atoms with van der Waals surface area (Å²) in [5.41, 5.74) is 5.47. The molecule has 0 spiro atoms. The molecule has 0 bridgehead atoms. The largest absolute Gasteiger partial charge is 0.409 e. The summed E-state index contributed by atoms with van der Waals surface area (Å²) >= 11 is 0. The maximum atomic E-state index is 8.55. The third kappa shape index (κ3) is 3.54. The second-order valence-corrected chi connectivity index (χ2v) is 3.40. The number of hydrogen-bond acceptors (Lipinski definition) is 4. The molecule has 1 aromatic rings. The number of hydrogen-bond donors (Lipinski definition) is 2. The minimum absolute atomic E-state index is 0.0126. The fourth-order valence-corrected chi connectivity index (χ4v) is 1.28. The van der Waals surface area contributed by atoms with Crippen LogP contribution in [0.3, 0.4) is 0 Å². The highest BCUT2D eigenvalue weighted by atomic mass is 16.5. The van der Waals surface area contributed by atoms with Crippen molar-refractivity contribution in [2.24, 2.45) is 10.9 Å². The van der Waals surface area contributed by atoms with E-state index in [9.17, 15) is 0 Å². The number of aromatic nitrogens is 2. The Bertz CT molecular complexity index is 335. The minimum atomic E-state index is 0.0126. The monoisotopic (exact) mass is 226 g/mol. The topological polar surface area (TPSA) is 85.7 Å². The summed E-state index contributed by atoms with van der Waals surface area (Å²) in [5, 5.41) is 11.5. The Morgan fingerprint density at radius 2 is 2.44 bits per heavy atom. The van der Waals surface area contributed by atoms with Gasteiger partial charge in [-0.15, -0.1) is 0 Å². The Morgan fingerprint density at radius 1 is 1.62 bits per heavy atom. The van der Waals surface area contributed by atoms with E-state index in [1.165, 1.54) is 0 Å². The molecule has 0 aromatic carbocycles. The second-order valence-electron chi connectivity index (χ2n) is 3.40. The van der Waals surface area contributed by atoms with Gasteiger partial charge in [0.15, 0.2) is 5.82 Å². The molecule has 16 heavy (non-hydrogen) atoms. The van der Waals surface area contributed by atoms with Gasteiger partial charge in [0.1, 0.15) is 0 Å². The van der Waals surface area contributed by atoms with E-state index in [-0.39, 0.29) is 5.84 Å². The number of unbranched alkanes of at least 4 members (excludes halogenated alkanes) is 1. The highest BCUT2D eigenvalue weighted by Gasteiger charge is 2.06. The molecule has 6 nitrogen and oxygen atoms in total. The van der Waals surface area contributed by atoms with Crippen LogP contribution < -0.4 is 5.73 Å². The number of imidazole rings is 1. The van der Waals surface area contributed by atoms with Crippen molar-refractivity contribution in [2.45, 2.75) is 26.3 Å². The van der Waals surface area contributed by atoms with Gasteiger partial charge >= 0.3 is 0 Å². The molecule has 0 radical (unpaired) electrons. The average Bonchev–Trinajstić information content (AvgIpc) is 2.76. The third-order valence-electron chi connectivity index (χ3n) is 2.17. The van der Waals surface area contributed by atoms with Crippen molar-refractivity contribution in [1.29, 1.82) is 0 Å². The van der Waals surface area contributed by atoms with Crippen LogP contribution in [-0.2, 0) is 11.3 Å². The molecule has 1 heterocycles. The normalized spacial score (nSPS) is 11.9. The summed E-state index contributed by atoms with van der Waals surface area (Å²) in [6, 6.07) is 0. The average molecular weight is 226 g/mol. The van der Waals surface area contributed by atoms with Crippen LogP contribution in [0.1, 0.15) is 25.6 Å². The van der Waals surface area contributed by atoms with Gasteiger partial charge in [-0.1, -0.05) is 18.5 Å². The predicted molar refractivity (Wildman–Crippen MR) is 60.5 cm³/mol. The van der Waals surface area contributed by atoms with Crippen LogP contribution in [0.15, 0.2) is 17.5 Å². The summed E-state index contributed by atoms with van der Waals surface area (Å²) in [5.74, 6) is 0.472. The van der Waals surface area contributed by atoms with Crippen molar-refractivity contribution >= 4 is 5.84 Å². The van der Waals surface area contributed by atoms with Gasteiger partial charge in [-0.25, -0.2) is 4.98 Å². The lowest BCUT2D eigenvalue weighted by Gasteiger charge is -2.07. The van der Waals surface area contributed by atoms with Crippen LogP contribution in [0.25, 0.3) is 0 Å². The van der Waals surface area contributed by atoms with Gasteiger partial charge < -0.3 is 20.2 Å². The molecule has 0 unspecified atom stereocenters. The minimum Gasteiger partial charge on any atom is -0.409 e. The first kappa shape index (κ1) is 12.5. The molecule has 0 saturated carbocycles. The molecular weight excluding hydrogens is 208 g/mol. The van der Waals surface area contributed by atoms with E-state index >= 15 is 0 Å². The maximum absolute atomic E-state index is 8.55. The van der Waals surface area contributed by atoms with Gasteiger partial charge in [0.25, 0.3) is 0 Å². The lowest BCUT2D eigenvalue weighted by molar-refractivity contribution is 0.123. The zero-order chi connectivity index (χ0) is 11.8. The molecule has 1 aromatic heterocycles. The van der Waals surface area contributed by atoms with Crippen LogP contribution in [0.5, 0.6) is 0 Å². The van der Waals surface area contributed by atoms with E-state index in [4.69, 9.17) is 15.7 Å². The van der Waals surface area contributed by atoms with Gasteiger partial charge in [-0.05, 0) is 6.42 Å². The fourth-order valence-electron chi connectivity index (χ4n) is 1.28. The van der Waals surface area contributed by atoms with Crippen LogP contribution in [0, 0.1) is 0 Å². The van der Waals surface area contributed by atoms with Crippen LogP contribution >= 0.6 is 0 Å². The Hall–Kier alpha value is -1.56. The van der Waals surface area contributed by atoms with Gasteiger partial charge in [0.05, 0.1) is 6.61 Å². The molecule has 0 aliphatic carbocycles. The fraction of sp³-hybridized carbons (Fsp3) is 0.600. The second kappa shape index (κ2) is 6.84. The highest BCUT2D eigenvalue weighted by Crippen LogP contribution is 1.98. The van der Waals surface area contributed by atoms with E-state index in [1.54, 1.807) is 17.0 Å². The Balaban J connectivity index is 2.39. The Kier molecular flexibility index (Phi) is 5.35. The summed E-state index contributed by atoms with van der Waals surface area (Å²) in [6.45, 7) is 4.14. The van der Waals surface area contributed by atoms with Crippen molar-refractivity contribution < 1.29 is 9.94 Å². The predicted octanol–water partition coefficient (Wildman–Crippen LogP) is 0.794. The van der Waals surface area contributed by atoms with Crippen molar-refractivity contribution in [2.75, 3.05) is 13.2 Å². The Labute approximate surface area is 94.7 Å². The van der Waals surface area contributed by atoms with E-state index in [1.807, 2.05) is 0 Å². The quantitative estimate of drug-likeness (QED) is 0.237. The van der Waals surface area contributed by atoms with Crippen molar-refractivity contribution in [3.05, 3.63) is 18.2 Å². The number of oxime groups is 1. The number of rotatable bonds is 7. The molecule has 1 rings (SSSR count). The van der Waals surface area contributed by atoms with Crippen molar-refractivity contribution in [3.8, 4) is 0 Å². The van der Waals surface area contributed by atoms with Gasteiger partial charge in [-0.3, -0.25) is 0 Å². The first-order valence-corrected chi connectivity index (χ1v) is 5.36. The van der Waals surface area contributed by atoms with E-state index in [0.29, 0.717) is 19.0 Å². The van der Waals surface area contributed by atoms with Crippen LogP contribution in [-0.4, -0.2) is 33.8 Å². The van der Waals surface area contributed by atoms with Crippen molar-refractivity contribution in [3.63, 3.8) is 0 Å². The Morgan fingerprint density at radius 3 is 3.12 bits per heavy atom. The van der Waals surface area contributed by atoms with Gasteiger partial charge in [0, 0.05) is 25.5 Å². The molecule has 0 saturated heterocycles. The molecule has 0 aliphatic rings. The number of nitrogens with zero attached hydrogens (tertiary/aromatic N) is 3. The SMILES string of the molecule is CCCCOCCn1ccnc1C(N)=NO. The third-order valence-corrected chi connectivity index (χ3v) is 2.17. The molecule has 0 amide bonds. The van der Waals surface area contributed by atoms with Gasteiger partial charge in [0.2, 0.25) is 5.84 Å².